The average Bonchev–Trinajstić information content (AvgIpc) is 1.56. The lowest BCUT2D eigenvalue weighted by Gasteiger charge is -2.37. The highest BCUT2D eigenvalue weighted by atomic mass is 127. The first-order valence-corrected chi connectivity index (χ1v) is 41.3. The fourth-order valence-corrected chi connectivity index (χ4v) is 18.9. The normalized spacial score (nSPS) is 38.4. The van der Waals surface area contributed by atoms with Gasteiger partial charge in [0, 0.05) is 82.8 Å². The van der Waals surface area contributed by atoms with Crippen molar-refractivity contribution in [2.75, 3.05) is 13.3 Å². The molecular weight excluding hydrogens is 1800 g/mol. The van der Waals surface area contributed by atoms with Crippen LogP contribution in [0.3, 0.4) is 0 Å². The van der Waals surface area contributed by atoms with E-state index in [0.717, 1.165) is 92.9 Å². The van der Waals surface area contributed by atoms with E-state index in [4.69, 9.17) is 65.0 Å². The molecule has 4 N–H and O–H groups in total. The Balaban J connectivity index is 0.000000130. The Labute approximate surface area is 686 Å². The summed E-state index contributed by atoms with van der Waals surface area (Å²) in [5.74, 6) is 0.226. The third kappa shape index (κ3) is 15.5. The molecule has 8 saturated heterocycles. The van der Waals surface area contributed by atoms with Crippen LogP contribution in [0.1, 0.15) is 122 Å². The molecule has 3 aliphatic carbocycles. The molecule has 16 rings (SSSR count). The Morgan fingerprint density at radius 3 is 1.15 bits per heavy atom. The maximum atomic E-state index is 12.5. The molecule has 0 aromatic rings. The fraction of sp³-hybridized carbons (Fsp3) is 0.557. The number of carbonyl (C=O) groups excluding carboxylic acids is 10. The number of amides is 5. The molecule has 5 amide bonds. The number of carbonyl (C=O) groups is 10. The van der Waals surface area contributed by atoms with Gasteiger partial charge in [-0.05, 0) is 93.6 Å². The van der Waals surface area contributed by atoms with Crippen LogP contribution in [0.15, 0.2) is 129 Å². The third-order valence-corrected chi connectivity index (χ3v) is 24.8. The molecule has 0 aromatic carbocycles. The first-order valence-electron chi connectivity index (χ1n) is 36.7. The lowest BCUT2D eigenvalue weighted by atomic mass is 9.93. The summed E-state index contributed by atoms with van der Waals surface area (Å²) in [4.78, 5) is 124. The van der Waals surface area contributed by atoms with Crippen molar-refractivity contribution in [1.29, 1.82) is 0 Å². The number of aliphatic hydroxyl groups is 4. The minimum atomic E-state index is -1.90. The number of ketones is 5. The Morgan fingerprint density at radius 2 is 0.777 bits per heavy atom. The SMILES string of the molecule is C#C[C@@]12OC3(CCCC3)O[C@@H]1[C@@H](CC)O[C@H]2N1C=CC(=O)CC1=O.C#C[C@@]12OC3(CCCC3)O[C@@H]1[C@@H](CI)O[C@H]2N1C=CC(=O)CC1=O.C=C=C[C@@]1(O)[C@H](O)C(=C)O[C@H]1N1C=CC(=O)CC1=O.C=C=C[C@@]1(O)[C@H](O)[C@@H](CI)O[C@H]1N1C=CC(=O)CC1=O.C=C=C[C@@]12OC3(CCCC3)O[C@@H]1[C@@H](CI)O[C@H]2N1C=CC(=O)CC1=O. The van der Waals surface area contributed by atoms with Gasteiger partial charge >= 0.3 is 0 Å². The number of rotatable bonds is 12. The number of alkyl halides is 3. The van der Waals surface area contributed by atoms with Crippen molar-refractivity contribution in [3.05, 3.63) is 129 Å². The van der Waals surface area contributed by atoms with Crippen LogP contribution in [0.25, 0.3) is 0 Å². The first kappa shape index (κ1) is 84.6. The number of aliphatic hydroxyl groups excluding tert-OH is 2. The summed E-state index contributed by atoms with van der Waals surface area (Å²) in [6, 6.07) is 0. The van der Waals surface area contributed by atoms with Gasteiger partial charge in [0.15, 0.2) is 88.0 Å². The standard InChI is InChI=1S/C18H20INO5.C18H21NO5.C17H18INO5.C13H14INO5.C13H13NO5/c1-2-6-18-15(24-17(25-18)7-3-4-8-17)13(11-19)23-16(18)20-9-5-12(21)10-14(20)22;1-3-13-15-18(4-2,24-17(23-15)8-5-6-9-17)16(22-13)19-10-7-12(20)11-14(19)21;1-2-17-14(23-16(24-17)6-3-4-7-16)12(10-18)22-15(17)19-8-5-11(20)9-13(19)21;1-2-4-13(19)11(18)9(7-14)20-12(13)15-5-3-8(16)6-10(15)17;1-3-5-13(18)11(17)8(2)19-12(13)14-6-4-9(15)7-10(14)16/h5-6,9,13,15-16H,1,3-4,7-8,10-11H2;2,7,10,13,15-16H,3,5-6,8-9,11H2,1H3;1,5,8,12,14-15H,3-4,6-7,9-10H2;3-5,9,11-12,18-19H,1,6-7H2;4-6,11-12,17-18H,1-2,7H2/t2*13-,15-,16-,18-;12-,14-,15-,17-;9-,11-,12-,13-;11-,12-,13-/m11111/s1. The molecule has 598 valence electrons. The predicted octanol–water partition coefficient (Wildman–Crippen LogP) is 4.74. The Hall–Kier alpha value is -6.75. The van der Waals surface area contributed by atoms with Crippen LogP contribution < -0.4 is 0 Å². The van der Waals surface area contributed by atoms with Gasteiger partial charge in [0.1, 0.15) is 36.3 Å². The number of fused-ring (bicyclic) bond motifs is 3. The summed E-state index contributed by atoms with van der Waals surface area (Å²) in [5.41, 5.74) is 0.665. The topological polar surface area (TPSA) is 369 Å². The quantitative estimate of drug-likeness (QED) is 0.0674. The van der Waals surface area contributed by atoms with E-state index in [1.54, 1.807) is 6.08 Å². The van der Waals surface area contributed by atoms with Crippen LogP contribution in [-0.2, 0) is 100 Å². The largest absolute Gasteiger partial charge is 0.469 e. The van der Waals surface area contributed by atoms with Gasteiger partial charge in [0.05, 0.1) is 56.5 Å². The van der Waals surface area contributed by atoms with E-state index in [1.807, 2.05) is 29.5 Å². The zero-order chi connectivity index (χ0) is 80.7. The number of hydrogen-bond acceptors (Lipinski definition) is 25. The monoisotopic (exact) mass is 1890 g/mol. The number of terminal acetylenes is 2. The van der Waals surface area contributed by atoms with E-state index in [1.165, 1.54) is 82.2 Å². The molecule has 3 spiro atoms. The maximum absolute atomic E-state index is 12.5. The van der Waals surface area contributed by atoms with Crippen LogP contribution in [0, 0.1) is 24.7 Å². The smallest absolute Gasteiger partial charge is 0.237 e. The molecular formula is C79H86I3N5O25. The van der Waals surface area contributed by atoms with E-state index in [-0.39, 0.29) is 109 Å². The second-order valence-electron chi connectivity index (χ2n) is 29.4. The molecule has 112 heavy (non-hydrogen) atoms. The van der Waals surface area contributed by atoms with E-state index < -0.39 is 119 Å². The molecule has 0 bridgehead atoms. The van der Waals surface area contributed by atoms with Gasteiger partial charge in [0.2, 0.25) is 47.0 Å². The molecule has 0 radical (unpaired) electrons. The summed E-state index contributed by atoms with van der Waals surface area (Å²) in [5, 5.41) is 41.1. The van der Waals surface area contributed by atoms with Crippen molar-refractivity contribution in [2.24, 2.45) is 0 Å². The van der Waals surface area contributed by atoms with Gasteiger partial charge in [-0.2, -0.15) is 0 Å². The molecule has 13 heterocycles. The van der Waals surface area contributed by atoms with E-state index in [9.17, 15) is 68.4 Å². The van der Waals surface area contributed by atoms with E-state index in [0.29, 0.717) is 19.7 Å². The molecule has 30 nitrogen and oxygen atoms in total. The molecule has 16 aliphatic rings. The minimum Gasteiger partial charge on any atom is -0.469 e. The lowest BCUT2D eigenvalue weighted by molar-refractivity contribution is -0.228. The van der Waals surface area contributed by atoms with Crippen LogP contribution in [-0.4, -0.2) is 248 Å². The van der Waals surface area contributed by atoms with Crippen molar-refractivity contribution >= 4 is 126 Å². The number of halogens is 3. The van der Waals surface area contributed by atoms with Crippen molar-refractivity contribution in [3.63, 3.8) is 0 Å². The number of allylic oxidation sites excluding steroid dienone is 5. The van der Waals surface area contributed by atoms with Gasteiger partial charge in [-0.3, -0.25) is 72.4 Å². The molecule has 19 atom stereocenters. The van der Waals surface area contributed by atoms with Crippen LogP contribution >= 0.6 is 67.8 Å². The number of ether oxygens (including phenoxy) is 11. The van der Waals surface area contributed by atoms with Crippen molar-refractivity contribution in [2.45, 2.75) is 254 Å². The summed E-state index contributed by atoms with van der Waals surface area (Å²) in [7, 11) is 0. The van der Waals surface area contributed by atoms with Crippen molar-refractivity contribution in [1.82, 2.24) is 24.5 Å². The number of nitrogens with zero attached hydrogens (tertiary/aromatic N) is 5. The highest BCUT2D eigenvalue weighted by molar-refractivity contribution is 14.1. The number of hydrogen-bond donors (Lipinski definition) is 4. The molecule has 3 saturated carbocycles. The zero-order valence-corrected chi connectivity index (χ0v) is 67.6. The van der Waals surface area contributed by atoms with Crippen molar-refractivity contribution < 1.29 is 120 Å². The Bertz CT molecular complexity index is 4130. The van der Waals surface area contributed by atoms with Crippen LogP contribution in [0.5, 0.6) is 0 Å². The van der Waals surface area contributed by atoms with Crippen LogP contribution in [0.4, 0.5) is 0 Å². The first-order chi connectivity index (χ1) is 53.4. The highest BCUT2D eigenvalue weighted by Crippen LogP contribution is 2.57. The maximum Gasteiger partial charge on any atom is 0.237 e. The lowest BCUT2D eigenvalue weighted by Crippen LogP contribution is -2.54. The highest BCUT2D eigenvalue weighted by Gasteiger charge is 2.73. The van der Waals surface area contributed by atoms with Gasteiger partial charge in [0.25, 0.3) is 0 Å². The fourth-order valence-electron chi connectivity index (χ4n) is 16.9. The third-order valence-electron chi connectivity index (χ3n) is 22.2. The van der Waals surface area contributed by atoms with Crippen molar-refractivity contribution in [3.8, 4) is 24.7 Å². The minimum absolute atomic E-state index is 0.0721. The Kier molecular flexibility index (Phi) is 25.6. The van der Waals surface area contributed by atoms with E-state index >= 15 is 0 Å². The zero-order valence-electron chi connectivity index (χ0n) is 61.2. The summed E-state index contributed by atoms with van der Waals surface area (Å²) < 4.78 is 69.1. The predicted molar refractivity (Wildman–Crippen MR) is 414 cm³/mol. The second kappa shape index (κ2) is 33.8. The molecule has 13 aliphatic heterocycles. The van der Waals surface area contributed by atoms with Gasteiger partial charge in [-0.25, -0.2) is 0 Å². The molecule has 33 heteroatoms. The van der Waals surface area contributed by atoms with Gasteiger partial charge in [-0.1, -0.05) is 113 Å². The van der Waals surface area contributed by atoms with E-state index in [2.05, 4.69) is 101 Å². The van der Waals surface area contributed by atoms with Gasteiger partial charge in [-0.15, -0.1) is 30.0 Å². The average molecular weight is 1890 g/mol. The second-order valence-corrected chi connectivity index (χ2v) is 32.0. The Morgan fingerprint density at radius 1 is 0.455 bits per heavy atom. The summed E-state index contributed by atoms with van der Waals surface area (Å²) in [6.45, 7) is 15.9. The summed E-state index contributed by atoms with van der Waals surface area (Å²) in [6.07, 6.45) is 30.3. The molecule has 11 fully saturated rings. The summed E-state index contributed by atoms with van der Waals surface area (Å²) >= 11 is 6.50. The van der Waals surface area contributed by atoms with Crippen LogP contribution in [0.2, 0.25) is 0 Å². The van der Waals surface area contributed by atoms with Gasteiger partial charge < -0.3 is 72.5 Å². The molecule has 0 aromatic heterocycles. The molecule has 0 unspecified atom stereocenters.